The maximum Gasteiger partial charge on any atom is 0.270 e. The van der Waals surface area contributed by atoms with Crippen LogP contribution in [0.2, 0.25) is 0 Å². The van der Waals surface area contributed by atoms with Gasteiger partial charge >= 0.3 is 0 Å². The van der Waals surface area contributed by atoms with Gasteiger partial charge in [0.15, 0.2) is 0 Å². The van der Waals surface area contributed by atoms with Crippen LogP contribution < -0.4 is 0 Å². The monoisotopic (exact) mass is 250 g/mol. The smallest absolute Gasteiger partial charge is 0.270 e. The van der Waals surface area contributed by atoms with Gasteiger partial charge in [-0.2, -0.15) is 0 Å². The maximum absolute atomic E-state index is 12.5. The van der Waals surface area contributed by atoms with Gasteiger partial charge in [0.25, 0.3) is 5.91 Å². The second-order valence-corrected chi connectivity index (χ2v) is 5.20. The lowest BCUT2D eigenvalue weighted by molar-refractivity contribution is 0.0682. The third-order valence-electron chi connectivity index (χ3n) is 3.38. The first kappa shape index (κ1) is 13.1. The Kier molecular flexibility index (Phi) is 4.07. The molecule has 100 valence electrons. The Hall–Kier alpha value is -1.29. The number of aliphatic hydroxyl groups is 1. The van der Waals surface area contributed by atoms with E-state index < -0.39 is 0 Å². The molecule has 0 bridgehead atoms. The predicted molar refractivity (Wildman–Crippen MR) is 70.6 cm³/mol. The molecule has 0 aromatic carbocycles. The van der Waals surface area contributed by atoms with Crippen molar-refractivity contribution in [2.24, 2.45) is 0 Å². The number of hydrogen-bond acceptors (Lipinski definition) is 2. The number of amides is 1. The molecule has 1 N–H and O–H groups in total. The van der Waals surface area contributed by atoms with E-state index in [-0.39, 0.29) is 18.6 Å². The average Bonchev–Trinajstić information content (AvgIpc) is 3.06. The predicted octanol–water partition coefficient (Wildman–Crippen LogP) is 2.06. The highest BCUT2D eigenvalue weighted by Crippen LogP contribution is 2.36. The van der Waals surface area contributed by atoms with Crippen molar-refractivity contribution in [3.8, 4) is 0 Å². The minimum absolute atomic E-state index is 0.0790. The van der Waals surface area contributed by atoms with Crippen LogP contribution in [0.3, 0.4) is 0 Å². The summed E-state index contributed by atoms with van der Waals surface area (Å²) in [5, 5.41) is 8.92. The molecule has 0 unspecified atom stereocenters. The number of aromatic nitrogens is 1. The van der Waals surface area contributed by atoms with Crippen molar-refractivity contribution in [2.75, 3.05) is 13.2 Å². The van der Waals surface area contributed by atoms with Gasteiger partial charge in [0, 0.05) is 31.4 Å². The van der Waals surface area contributed by atoms with E-state index in [9.17, 15) is 4.79 Å². The van der Waals surface area contributed by atoms with Gasteiger partial charge in [-0.05, 0) is 45.2 Å². The fourth-order valence-corrected chi connectivity index (χ4v) is 2.23. The third-order valence-corrected chi connectivity index (χ3v) is 3.38. The lowest BCUT2D eigenvalue weighted by atomic mass is 10.2. The highest BCUT2D eigenvalue weighted by molar-refractivity contribution is 5.93. The number of aliphatic hydroxyl groups excluding tert-OH is 1. The molecule has 18 heavy (non-hydrogen) atoms. The molecule has 1 aromatic rings. The molecule has 1 aliphatic carbocycles. The molecule has 0 aliphatic heterocycles. The van der Waals surface area contributed by atoms with E-state index >= 15 is 0 Å². The highest BCUT2D eigenvalue weighted by Gasteiger charge is 2.28. The van der Waals surface area contributed by atoms with E-state index in [1.54, 1.807) is 0 Å². The molecule has 2 rings (SSSR count). The Bertz CT molecular complexity index is 408. The summed E-state index contributed by atoms with van der Waals surface area (Å²) >= 11 is 0. The summed E-state index contributed by atoms with van der Waals surface area (Å²) in [5.41, 5.74) is 0.782. The number of hydrogen-bond donors (Lipinski definition) is 1. The number of nitrogens with zero attached hydrogens (tertiary/aromatic N) is 2. The van der Waals surface area contributed by atoms with Gasteiger partial charge in [0.2, 0.25) is 0 Å². The van der Waals surface area contributed by atoms with Gasteiger partial charge in [-0.15, -0.1) is 0 Å². The molecule has 1 fully saturated rings. The number of carbonyl (C=O) groups is 1. The van der Waals surface area contributed by atoms with E-state index in [1.165, 1.54) is 12.8 Å². The SMILES string of the molecule is CC(C)N(CCCO)C(=O)c1cccn1C1CC1. The fourth-order valence-electron chi connectivity index (χ4n) is 2.23. The van der Waals surface area contributed by atoms with E-state index in [1.807, 2.05) is 37.1 Å². The first-order valence-corrected chi connectivity index (χ1v) is 6.73. The van der Waals surface area contributed by atoms with E-state index in [0.29, 0.717) is 19.0 Å². The third kappa shape index (κ3) is 2.75. The van der Waals surface area contributed by atoms with Crippen LogP contribution in [-0.4, -0.2) is 39.7 Å². The second kappa shape index (κ2) is 5.57. The maximum atomic E-state index is 12.5. The summed E-state index contributed by atoms with van der Waals surface area (Å²) in [5.74, 6) is 0.0790. The Labute approximate surface area is 108 Å². The molecule has 1 aromatic heterocycles. The van der Waals surface area contributed by atoms with Gasteiger partial charge in [-0.1, -0.05) is 0 Å². The van der Waals surface area contributed by atoms with Crippen molar-refractivity contribution >= 4 is 5.91 Å². The fraction of sp³-hybridized carbons (Fsp3) is 0.643. The molecule has 0 saturated heterocycles. The molecule has 1 heterocycles. The molecule has 1 amide bonds. The molecule has 1 aliphatic rings. The van der Waals surface area contributed by atoms with Crippen molar-refractivity contribution in [1.82, 2.24) is 9.47 Å². The van der Waals surface area contributed by atoms with Crippen LogP contribution in [0, 0.1) is 0 Å². The summed E-state index contributed by atoms with van der Waals surface area (Å²) < 4.78 is 2.09. The van der Waals surface area contributed by atoms with Crippen LogP contribution in [0.15, 0.2) is 18.3 Å². The average molecular weight is 250 g/mol. The molecular formula is C14H22N2O2. The van der Waals surface area contributed by atoms with Gasteiger partial charge < -0.3 is 14.6 Å². The van der Waals surface area contributed by atoms with Crippen LogP contribution in [0.5, 0.6) is 0 Å². The molecule has 0 atom stereocenters. The van der Waals surface area contributed by atoms with Crippen molar-refractivity contribution < 1.29 is 9.90 Å². The summed E-state index contributed by atoms with van der Waals surface area (Å²) in [7, 11) is 0. The molecule has 0 spiro atoms. The van der Waals surface area contributed by atoms with Crippen molar-refractivity contribution in [3.63, 3.8) is 0 Å². The molecule has 4 nitrogen and oxygen atoms in total. The summed E-state index contributed by atoms with van der Waals surface area (Å²) in [6.45, 7) is 4.77. The Morgan fingerprint density at radius 3 is 2.83 bits per heavy atom. The van der Waals surface area contributed by atoms with Gasteiger partial charge in [-0.25, -0.2) is 0 Å². The summed E-state index contributed by atoms with van der Waals surface area (Å²) in [6, 6.07) is 4.52. The van der Waals surface area contributed by atoms with E-state index in [4.69, 9.17) is 5.11 Å². The van der Waals surface area contributed by atoms with Crippen LogP contribution >= 0.6 is 0 Å². The first-order chi connectivity index (χ1) is 8.65. The topological polar surface area (TPSA) is 45.5 Å². The first-order valence-electron chi connectivity index (χ1n) is 6.73. The van der Waals surface area contributed by atoms with Crippen molar-refractivity contribution in [2.45, 2.75) is 45.2 Å². The highest BCUT2D eigenvalue weighted by atomic mass is 16.3. The van der Waals surface area contributed by atoms with Crippen LogP contribution in [0.25, 0.3) is 0 Å². The van der Waals surface area contributed by atoms with Crippen molar-refractivity contribution in [3.05, 3.63) is 24.0 Å². The molecule has 4 heteroatoms. The van der Waals surface area contributed by atoms with Crippen LogP contribution in [0.4, 0.5) is 0 Å². The zero-order valence-electron chi connectivity index (χ0n) is 11.2. The lowest BCUT2D eigenvalue weighted by Gasteiger charge is -2.27. The largest absolute Gasteiger partial charge is 0.396 e. The molecular weight excluding hydrogens is 228 g/mol. The minimum Gasteiger partial charge on any atom is -0.396 e. The van der Waals surface area contributed by atoms with Crippen LogP contribution in [0.1, 0.15) is 49.6 Å². The second-order valence-electron chi connectivity index (χ2n) is 5.20. The zero-order valence-corrected chi connectivity index (χ0v) is 11.2. The number of carbonyl (C=O) groups excluding carboxylic acids is 1. The zero-order chi connectivity index (χ0) is 13.1. The normalized spacial score (nSPS) is 15.1. The van der Waals surface area contributed by atoms with Gasteiger partial charge in [-0.3, -0.25) is 4.79 Å². The quantitative estimate of drug-likeness (QED) is 0.840. The van der Waals surface area contributed by atoms with Crippen molar-refractivity contribution in [1.29, 1.82) is 0 Å². The Balaban J connectivity index is 2.13. The van der Waals surface area contributed by atoms with E-state index in [0.717, 1.165) is 5.69 Å². The van der Waals surface area contributed by atoms with E-state index in [2.05, 4.69) is 4.57 Å². The Morgan fingerprint density at radius 1 is 1.56 bits per heavy atom. The minimum atomic E-state index is 0.0790. The molecule has 1 saturated carbocycles. The Morgan fingerprint density at radius 2 is 2.28 bits per heavy atom. The molecule has 0 radical (unpaired) electrons. The standard InChI is InChI=1S/C14H22N2O2/c1-11(2)15(9-4-10-17)14(18)13-5-3-8-16(13)12-6-7-12/h3,5,8,11-12,17H,4,6-7,9-10H2,1-2H3. The number of rotatable bonds is 6. The van der Waals surface area contributed by atoms with Crippen LogP contribution in [-0.2, 0) is 0 Å². The lowest BCUT2D eigenvalue weighted by Crippen LogP contribution is -2.39. The summed E-state index contributed by atoms with van der Waals surface area (Å²) in [4.78, 5) is 14.4. The summed E-state index contributed by atoms with van der Waals surface area (Å²) in [6.07, 6.45) is 4.98. The van der Waals surface area contributed by atoms with Gasteiger partial charge in [0.05, 0.1) is 0 Å². The van der Waals surface area contributed by atoms with Gasteiger partial charge in [0.1, 0.15) is 5.69 Å².